The van der Waals surface area contributed by atoms with Gasteiger partial charge >= 0.3 is 5.97 Å². The Morgan fingerprint density at radius 3 is 2.77 bits per heavy atom. The van der Waals surface area contributed by atoms with Crippen LogP contribution in [0.15, 0.2) is 54.2 Å². The summed E-state index contributed by atoms with van der Waals surface area (Å²) in [6, 6.07) is 9.67. The first-order chi connectivity index (χ1) is 10.8. The highest BCUT2D eigenvalue weighted by Gasteiger charge is 2.05. The zero-order valence-electron chi connectivity index (χ0n) is 12.0. The van der Waals surface area contributed by atoms with Crippen molar-refractivity contribution >= 4 is 11.7 Å². The summed E-state index contributed by atoms with van der Waals surface area (Å²) in [5.41, 5.74) is 1.69. The maximum absolute atomic E-state index is 10.3. The van der Waals surface area contributed by atoms with E-state index in [1.807, 2.05) is 41.1 Å². The highest BCUT2D eigenvalue weighted by atomic mass is 16.6. The number of imidazole rings is 1. The fraction of sp³-hybridized carbons (Fsp3) is 0.267. The third-order valence-corrected chi connectivity index (χ3v) is 2.72. The van der Waals surface area contributed by atoms with Crippen molar-refractivity contribution in [2.24, 2.45) is 5.16 Å². The second-order valence-electron chi connectivity index (χ2n) is 4.42. The number of benzene rings is 1. The number of carboxylic acids is 1. The van der Waals surface area contributed by atoms with Crippen LogP contribution in [0.3, 0.4) is 0 Å². The number of aliphatic carboxylic acids is 1. The maximum atomic E-state index is 10.3. The van der Waals surface area contributed by atoms with Gasteiger partial charge < -0.3 is 19.2 Å². The molecule has 1 heterocycles. The number of oxime groups is 1. The van der Waals surface area contributed by atoms with Crippen molar-refractivity contribution in [3.05, 3.63) is 54.6 Å². The van der Waals surface area contributed by atoms with Crippen LogP contribution in [0.4, 0.5) is 0 Å². The Morgan fingerprint density at radius 2 is 2.09 bits per heavy atom. The minimum Gasteiger partial charge on any atom is -0.480 e. The van der Waals surface area contributed by atoms with E-state index in [2.05, 4.69) is 10.1 Å². The Balaban J connectivity index is 1.92. The fourth-order valence-electron chi connectivity index (χ4n) is 1.74. The Kier molecular flexibility index (Phi) is 6.13. The van der Waals surface area contributed by atoms with Gasteiger partial charge in [0.25, 0.3) is 0 Å². The van der Waals surface area contributed by atoms with Crippen LogP contribution >= 0.6 is 0 Å². The molecule has 0 aliphatic carbocycles. The van der Waals surface area contributed by atoms with Crippen molar-refractivity contribution in [1.82, 2.24) is 9.55 Å². The molecule has 0 aliphatic rings. The van der Waals surface area contributed by atoms with Gasteiger partial charge in [0.15, 0.2) is 0 Å². The number of carbonyl (C=O) groups is 1. The number of hydrogen-bond donors (Lipinski definition) is 1. The Morgan fingerprint density at radius 1 is 1.27 bits per heavy atom. The van der Waals surface area contributed by atoms with Crippen LogP contribution in [0, 0.1) is 0 Å². The van der Waals surface area contributed by atoms with E-state index in [4.69, 9.17) is 14.7 Å². The Hall–Kier alpha value is -2.67. The van der Waals surface area contributed by atoms with Gasteiger partial charge in [0.05, 0.1) is 19.5 Å². The summed E-state index contributed by atoms with van der Waals surface area (Å²) in [5, 5.41) is 12.6. The van der Waals surface area contributed by atoms with Gasteiger partial charge in [0, 0.05) is 18.0 Å². The number of ether oxygens (including phenoxy) is 1. The number of rotatable bonds is 9. The zero-order chi connectivity index (χ0) is 15.6. The first-order valence-electron chi connectivity index (χ1n) is 6.75. The summed E-state index contributed by atoms with van der Waals surface area (Å²) in [6.45, 7) is 0.546. The summed E-state index contributed by atoms with van der Waals surface area (Å²) < 4.78 is 6.76. The van der Waals surface area contributed by atoms with Crippen LogP contribution in [0.2, 0.25) is 0 Å². The van der Waals surface area contributed by atoms with Gasteiger partial charge in [0.2, 0.25) is 0 Å². The van der Waals surface area contributed by atoms with Crippen molar-refractivity contribution in [3.8, 4) is 0 Å². The summed E-state index contributed by atoms with van der Waals surface area (Å²) >= 11 is 0. The van der Waals surface area contributed by atoms with E-state index in [9.17, 15) is 4.79 Å². The fourth-order valence-corrected chi connectivity index (χ4v) is 1.74. The van der Waals surface area contributed by atoms with Crippen LogP contribution in [0.1, 0.15) is 5.56 Å². The highest BCUT2D eigenvalue weighted by Crippen LogP contribution is 2.04. The van der Waals surface area contributed by atoms with Crippen LogP contribution in [-0.2, 0) is 20.9 Å². The van der Waals surface area contributed by atoms with Crippen LogP contribution in [0.25, 0.3) is 0 Å². The van der Waals surface area contributed by atoms with Crippen molar-refractivity contribution in [3.63, 3.8) is 0 Å². The molecule has 22 heavy (non-hydrogen) atoms. The minimum atomic E-state index is -1.01. The zero-order valence-corrected chi connectivity index (χ0v) is 12.0. The average Bonchev–Trinajstić information content (AvgIpc) is 3.03. The molecular formula is C15H17N3O4. The van der Waals surface area contributed by atoms with E-state index < -0.39 is 5.97 Å². The van der Waals surface area contributed by atoms with Crippen molar-refractivity contribution < 1.29 is 19.5 Å². The summed E-state index contributed by atoms with van der Waals surface area (Å²) in [7, 11) is 0. The lowest BCUT2D eigenvalue weighted by molar-refractivity contribution is -0.142. The SMILES string of the molecule is O=C(O)COCCO/N=C(/Cn1ccnc1)c1ccccc1. The number of nitrogens with zero attached hydrogens (tertiary/aromatic N) is 3. The normalized spacial score (nSPS) is 11.4. The highest BCUT2D eigenvalue weighted by molar-refractivity contribution is 6.00. The number of hydrogen-bond acceptors (Lipinski definition) is 5. The molecule has 0 saturated heterocycles. The summed E-state index contributed by atoms with van der Waals surface area (Å²) in [4.78, 5) is 19.5. The molecule has 0 atom stereocenters. The number of carboxylic acid groups (broad SMARTS) is 1. The molecule has 0 bridgehead atoms. The molecule has 1 aromatic heterocycles. The minimum absolute atomic E-state index is 0.170. The second-order valence-corrected chi connectivity index (χ2v) is 4.42. The molecule has 0 fully saturated rings. The van der Waals surface area contributed by atoms with Gasteiger partial charge in [-0.15, -0.1) is 0 Å². The van der Waals surface area contributed by atoms with Gasteiger partial charge in [0.1, 0.15) is 18.9 Å². The van der Waals surface area contributed by atoms with Crippen molar-refractivity contribution in [2.75, 3.05) is 19.8 Å². The molecule has 0 aliphatic heterocycles. The van der Waals surface area contributed by atoms with Gasteiger partial charge in [-0.1, -0.05) is 35.5 Å². The van der Waals surface area contributed by atoms with E-state index in [-0.39, 0.29) is 19.8 Å². The molecule has 0 radical (unpaired) electrons. The maximum Gasteiger partial charge on any atom is 0.329 e. The van der Waals surface area contributed by atoms with E-state index in [1.165, 1.54) is 0 Å². The van der Waals surface area contributed by atoms with Crippen molar-refractivity contribution in [1.29, 1.82) is 0 Å². The molecule has 116 valence electrons. The predicted octanol–water partition coefficient (Wildman–Crippen LogP) is 1.41. The van der Waals surface area contributed by atoms with Gasteiger partial charge in [-0.2, -0.15) is 0 Å². The molecule has 0 spiro atoms. The van der Waals surface area contributed by atoms with Crippen LogP contribution < -0.4 is 0 Å². The van der Waals surface area contributed by atoms with E-state index in [1.54, 1.807) is 12.5 Å². The molecule has 2 rings (SSSR count). The molecule has 0 saturated carbocycles. The van der Waals surface area contributed by atoms with E-state index in [0.29, 0.717) is 6.54 Å². The van der Waals surface area contributed by atoms with Crippen molar-refractivity contribution in [2.45, 2.75) is 6.54 Å². The Labute approximate surface area is 127 Å². The van der Waals surface area contributed by atoms with E-state index in [0.717, 1.165) is 11.3 Å². The Bertz CT molecular complexity index is 597. The summed E-state index contributed by atoms with van der Waals surface area (Å²) in [6.07, 6.45) is 5.24. The van der Waals surface area contributed by atoms with Crippen LogP contribution in [0.5, 0.6) is 0 Å². The molecule has 0 unspecified atom stereocenters. The lowest BCUT2D eigenvalue weighted by Crippen LogP contribution is -2.13. The molecule has 2 aromatic rings. The van der Waals surface area contributed by atoms with Gasteiger partial charge in [-0.25, -0.2) is 9.78 Å². The predicted molar refractivity (Wildman–Crippen MR) is 79.6 cm³/mol. The molecule has 7 heteroatoms. The molecular weight excluding hydrogens is 286 g/mol. The topological polar surface area (TPSA) is 85.9 Å². The lowest BCUT2D eigenvalue weighted by Gasteiger charge is -2.08. The van der Waals surface area contributed by atoms with Gasteiger partial charge in [-0.3, -0.25) is 0 Å². The van der Waals surface area contributed by atoms with Crippen LogP contribution in [-0.4, -0.2) is 46.2 Å². The third-order valence-electron chi connectivity index (χ3n) is 2.72. The first-order valence-corrected chi connectivity index (χ1v) is 6.75. The molecule has 7 nitrogen and oxygen atoms in total. The monoisotopic (exact) mass is 303 g/mol. The average molecular weight is 303 g/mol. The van der Waals surface area contributed by atoms with E-state index >= 15 is 0 Å². The molecule has 0 amide bonds. The second kappa shape index (κ2) is 8.58. The molecule has 1 aromatic carbocycles. The van der Waals surface area contributed by atoms with Gasteiger partial charge in [-0.05, 0) is 0 Å². The third kappa shape index (κ3) is 5.37. The first kappa shape index (κ1) is 15.7. The molecule has 1 N–H and O–H groups in total. The summed E-state index contributed by atoms with van der Waals surface area (Å²) in [5.74, 6) is -1.01. The number of aromatic nitrogens is 2. The standard InChI is InChI=1S/C15H17N3O4/c19-15(20)11-21-8-9-22-17-14(10-18-7-6-16-12-18)13-4-2-1-3-5-13/h1-7,12H,8-11H2,(H,19,20)/b17-14-. The smallest absolute Gasteiger partial charge is 0.329 e. The quantitative estimate of drug-likeness (QED) is 0.430. The largest absolute Gasteiger partial charge is 0.480 e. The lowest BCUT2D eigenvalue weighted by atomic mass is 10.1.